The molecule has 5 heteroatoms. The monoisotopic (exact) mass is 338 g/mol. The number of nitriles is 1. The summed E-state index contributed by atoms with van der Waals surface area (Å²) in [5.74, 6) is 1.18. The summed E-state index contributed by atoms with van der Waals surface area (Å²) in [7, 11) is 1.61. The maximum atomic E-state index is 11.4. The second-order valence-corrected chi connectivity index (χ2v) is 5.68. The van der Waals surface area contributed by atoms with Gasteiger partial charge in [0.15, 0.2) is 0 Å². The molecule has 5 nitrogen and oxygen atoms in total. The second-order valence-electron chi connectivity index (χ2n) is 5.68. The lowest BCUT2D eigenvalue weighted by molar-refractivity contribution is -0.120. The van der Waals surface area contributed by atoms with E-state index in [1.54, 1.807) is 7.11 Å². The summed E-state index contributed by atoms with van der Waals surface area (Å²) in [6, 6.07) is 15.7. The zero-order valence-electron chi connectivity index (χ0n) is 14.5. The molecule has 0 radical (unpaired) electrons. The Morgan fingerprint density at radius 3 is 2.64 bits per heavy atom. The Kier molecular flexibility index (Phi) is 6.85. The van der Waals surface area contributed by atoms with Crippen LogP contribution >= 0.6 is 0 Å². The molecule has 0 aliphatic heterocycles. The van der Waals surface area contributed by atoms with Crippen molar-refractivity contribution >= 4 is 5.91 Å². The second kappa shape index (κ2) is 9.33. The van der Waals surface area contributed by atoms with Gasteiger partial charge < -0.3 is 14.8 Å². The highest BCUT2D eigenvalue weighted by Gasteiger charge is 2.08. The van der Waals surface area contributed by atoms with Crippen molar-refractivity contribution in [1.82, 2.24) is 5.32 Å². The van der Waals surface area contributed by atoms with Crippen LogP contribution in [0.2, 0.25) is 0 Å². The summed E-state index contributed by atoms with van der Waals surface area (Å²) in [5.41, 5.74) is 3.27. The molecule has 0 unspecified atom stereocenters. The minimum atomic E-state index is -0.266. The highest BCUT2D eigenvalue weighted by atomic mass is 16.5. The van der Waals surface area contributed by atoms with E-state index >= 15 is 0 Å². The van der Waals surface area contributed by atoms with Crippen LogP contribution in [0.3, 0.4) is 0 Å². The van der Waals surface area contributed by atoms with E-state index in [0.29, 0.717) is 19.6 Å². The molecule has 2 rings (SSSR count). The average molecular weight is 338 g/mol. The first-order valence-electron chi connectivity index (χ1n) is 8.11. The molecular formula is C20H22N2O3. The Balaban J connectivity index is 2.02. The Morgan fingerprint density at radius 2 is 1.96 bits per heavy atom. The molecule has 2 aromatic rings. The van der Waals surface area contributed by atoms with Crippen LogP contribution in [0.1, 0.15) is 23.1 Å². The number of benzene rings is 2. The first-order valence-corrected chi connectivity index (χ1v) is 8.11. The fourth-order valence-corrected chi connectivity index (χ4v) is 2.32. The molecule has 1 N–H and O–H groups in total. The Morgan fingerprint density at radius 1 is 1.20 bits per heavy atom. The van der Waals surface area contributed by atoms with Crippen molar-refractivity contribution in [1.29, 1.82) is 5.26 Å². The Hall–Kier alpha value is -3.00. The standard InChI is InChI=1S/C20H22N2O3/c1-15-3-5-16(6-4-15)14-25-19-13-18(24-2)8-7-17(19)10-12-22-20(23)9-11-21/h3-8,13H,9-10,12,14H2,1-2H3,(H,22,23). The molecule has 0 saturated carbocycles. The number of hydrogen-bond donors (Lipinski definition) is 1. The average Bonchev–Trinajstić information content (AvgIpc) is 2.62. The minimum Gasteiger partial charge on any atom is -0.497 e. The van der Waals surface area contributed by atoms with Crippen LogP contribution < -0.4 is 14.8 Å². The predicted octanol–water partition coefficient (Wildman–Crippen LogP) is 3.16. The molecule has 0 aliphatic carbocycles. The normalized spacial score (nSPS) is 9.96. The third-order valence-electron chi connectivity index (χ3n) is 3.75. The van der Waals surface area contributed by atoms with Gasteiger partial charge in [0.1, 0.15) is 24.5 Å². The fourth-order valence-electron chi connectivity index (χ4n) is 2.32. The summed E-state index contributed by atoms with van der Waals surface area (Å²) < 4.78 is 11.2. The Bertz CT molecular complexity index is 749. The number of carbonyl (C=O) groups excluding carboxylic acids is 1. The summed E-state index contributed by atoms with van der Waals surface area (Å²) in [6.07, 6.45) is 0.490. The molecule has 2 aromatic carbocycles. The van der Waals surface area contributed by atoms with E-state index in [1.165, 1.54) is 5.56 Å². The molecule has 0 atom stereocenters. The van der Waals surface area contributed by atoms with Gasteiger partial charge in [-0.05, 0) is 30.5 Å². The quantitative estimate of drug-likeness (QED) is 0.802. The third-order valence-corrected chi connectivity index (χ3v) is 3.75. The Labute approximate surface area is 148 Å². The number of nitrogens with one attached hydrogen (secondary N) is 1. The highest BCUT2D eigenvalue weighted by molar-refractivity contribution is 5.77. The van der Waals surface area contributed by atoms with Gasteiger partial charge in [-0.3, -0.25) is 4.79 Å². The van der Waals surface area contributed by atoms with Crippen LogP contribution in [-0.4, -0.2) is 19.6 Å². The first-order chi connectivity index (χ1) is 12.1. The van der Waals surface area contributed by atoms with Gasteiger partial charge in [-0.2, -0.15) is 5.26 Å². The van der Waals surface area contributed by atoms with Gasteiger partial charge in [-0.25, -0.2) is 0 Å². The van der Waals surface area contributed by atoms with Crippen LogP contribution in [0, 0.1) is 18.3 Å². The van der Waals surface area contributed by atoms with Crippen LogP contribution in [-0.2, 0) is 17.8 Å². The first kappa shape index (κ1) is 18.3. The summed E-state index contributed by atoms with van der Waals surface area (Å²) >= 11 is 0. The SMILES string of the molecule is COc1ccc(CCNC(=O)CC#N)c(OCc2ccc(C)cc2)c1. The van der Waals surface area contributed by atoms with Gasteiger partial charge in [0, 0.05) is 12.6 Å². The topological polar surface area (TPSA) is 71.3 Å². The van der Waals surface area contributed by atoms with Crippen molar-refractivity contribution in [2.75, 3.05) is 13.7 Å². The zero-order valence-corrected chi connectivity index (χ0v) is 14.5. The van der Waals surface area contributed by atoms with Gasteiger partial charge in [0.2, 0.25) is 5.91 Å². The number of hydrogen-bond acceptors (Lipinski definition) is 4. The van der Waals surface area contributed by atoms with Crippen molar-refractivity contribution in [3.63, 3.8) is 0 Å². The number of rotatable bonds is 8. The van der Waals surface area contributed by atoms with E-state index in [-0.39, 0.29) is 12.3 Å². The summed E-state index contributed by atoms with van der Waals surface area (Å²) in [5, 5.41) is 11.2. The van der Waals surface area contributed by atoms with E-state index in [9.17, 15) is 4.79 Å². The molecule has 130 valence electrons. The van der Waals surface area contributed by atoms with E-state index in [4.69, 9.17) is 14.7 Å². The van der Waals surface area contributed by atoms with Crippen LogP contribution in [0.4, 0.5) is 0 Å². The molecule has 0 saturated heterocycles. The lowest BCUT2D eigenvalue weighted by Crippen LogP contribution is -2.25. The number of nitrogens with zero attached hydrogens (tertiary/aromatic N) is 1. The summed E-state index contributed by atoms with van der Waals surface area (Å²) in [4.78, 5) is 11.4. The number of methoxy groups -OCH3 is 1. The predicted molar refractivity (Wildman–Crippen MR) is 95.4 cm³/mol. The molecular weight excluding hydrogens is 316 g/mol. The van der Waals surface area contributed by atoms with Crippen molar-refractivity contribution in [2.24, 2.45) is 0 Å². The molecule has 0 aliphatic rings. The summed E-state index contributed by atoms with van der Waals surface area (Å²) in [6.45, 7) is 2.96. The molecule has 0 bridgehead atoms. The lowest BCUT2D eigenvalue weighted by Gasteiger charge is -2.13. The van der Waals surface area contributed by atoms with Crippen molar-refractivity contribution in [3.05, 3.63) is 59.2 Å². The molecule has 0 fully saturated rings. The number of carbonyl (C=O) groups is 1. The van der Waals surface area contributed by atoms with E-state index < -0.39 is 0 Å². The van der Waals surface area contributed by atoms with Gasteiger partial charge in [-0.1, -0.05) is 35.9 Å². The minimum absolute atomic E-state index is 0.126. The van der Waals surface area contributed by atoms with Crippen molar-refractivity contribution in [3.8, 4) is 17.6 Å². The van der Waals surface area contributed by atoms with Crippen LogP contribution in [0.25, 0.3) is 0 Å². The molecule has 1 amide bonds. The van der Waals surface area contributed by atoms with E-state index in [0.717, 1.165) is 22.6 Å². The van der Waals surface area contributed by atoms with E-state index in [1.807, 2.05) is 43.3 Å². The zero-order chi connectivity index (χ0) is 18.1. The molecule has 0 spiro atoms. The maximum Gasteiger partial charge on any atom is 0.234 e. The third kappa shape index (κ3) is 5.85. The van der Waals surface area contributed by atoms with Crippen LogP contribution in [0.5, 0.6) is 11.5 Å². The highest BCUT2D eigenvalue weighted by Crippen LogP contribution is 2.26. The van der Waals surface area contributed by atoms with Crippen molar-refractivity contribution < 1.29 is 14.3 Å². The van der Waals surface area contributed by atoms with Gasteiger partial charge in [-0.15, -0.1) is 0 Å². The fraction of sp³-hybridized carbons (Fsp3) is 0.300. The smallest absolute Gasteiger partial charge is 0.234 e. The molecule has 25 heavy (non-hydrogen) atoms. The van der Waals surface area contributed by atoms with E-state index in [2.05, 4.69) is 17.4 Å². The van der Waals surface area contributed by atoms with Gasteiger partial charge >= 0.3 is 0 Å². The van der Waals surface area contributed by atoms with Crippen molar-refractivity contribution in [2.45, 2.75) is 26.4 Å². The maximum absolute atomic E-state index is 11.4. The number of ether oxygens (including phenoxy) is 2. The van der Waals surface area contributed by atoms with Gasteiger partial charge in [0.25, 0.3) is 0 Å². The number of aryl methyl sites for hydroxylation is 1. The van der Waals surface area contributed by atoms with Crippen LogP contribution in [0.15, 0.2) is 42.5 Å². The largest absolute Gasteiger partial charge is 0.497 e. The lowest BCUT2D eigenvalue weighted by atomic mass is 10.1. The van der Waals surface area contributed by atoms with Gasteiger partial charge in [0.05, 0.1) is 13.2 Å². The molecule has 0 heterocycles. The number of amides is 1. The molecule has 0 aromatic heterocycles.